The number of aryl methyl sites for hydroxylation is 1. The quantitative estimate of drug-likeness (QED) is 0.644. The molecule has 1 aliphatic heterocycles. The zero-order chi connectivity index (χ0) is 21.4. The van der Waals surface area contributed by atoms with Gasteiger partial charge in [0, 0.05) is 18.0 Å². The molecule has 2 aromatic carbocycles. The van der Waals surface area contributed by atoms with Crippen LogP contribution in [0.1, 0.15) is 37.4 Å². The highest BCUT2D eigenvalue weighted by molar-refractivity contribution is 5.83. The van der Waals surface area contributed by atoms with Gasteiger partial charge in [-0.3, -0.25) is 4.79 Å². The van der Waals surface area contributed by atoms with Gasteiger partial charge in [0.1, 0.15) is 0 Å². The predicted octanol–water partition coefficient (Wildman–Crippen LogP) is 3.66. The van der Waals surface area contributed by atoms with Crippen LogP contribution in [-0.2, 0) is 12.8 Å². The first-order valence-corrected chi connectivity index (χ1v) is 11.1. The zero-order valence-electron chi connectivity index (χ0n) is 17.8. The molecule has 6 nitrogen and oxygen atoms in total. The molecule has 0 radical (unpaired) electrons. The van der Waals surface area contributed by atoms with Crippen LogP contribution < -0.4 is 10.9 Å². The van der Waals surface area contributed by atoms with Crippen molar-refractivity contribution in [3.63, 3.8) is 0 Å². The number of H-pyrrole nitrogens is 1. The minimum atomic E-state index is -0.139. The Balaban J connectivity index is 1.18. The summed E-state index contributed by atoms with van der Waals surface area (Å²) in [5.41, 5.74) is 2.26. The first-order chi connectivity index (χ1) is 15.0. The van der Waals surface area contributed by atoms with Gasteiger partial charge in [-0.25, -0.2) is 9.89 Å². The minimum Gasteiger partial charge on any atom is -0.333 e. The van der Waals surface area contributed by atoms with Gasteiger partial charge in [-0.2, -0.15) is 5.10 Å². The Morgan fingerprint density at radius 2 is 1.74 bits per heavy atom. The van der Waals surface area contributed by atoms with Gasteiger partial charge >= 0.3 is 6.03 Å². The Morgan fingerprint density at radius 3 is 2.52 bits per heavy atom. The van der Waals surface area contributed by atoms with Crippen LogP contribution in [0.3, 0.4) is 0 Å². The fourth-order valence-electron chi connectivity index (χ4n) is 5.24. The average molecular weight is 417 g/mol. The van der Waals surface area contributed by atoms with E-state index in [1.807, 2.05) is 47.4 Å². The van der Waals surface area contributed by atoms with E-state index >= 15 is 0 Å². The number of aromatic nitrogens is 2. The number of carbonyl (C=O) groups excluding carboxylic acids is 1. The summed E-state index contributed by atoms with van der Waals surface area (Å²) >= 11 is 0. The van der Waals surface area contributed by atoms with E-state index in [4.69, 9.17) is 0 Å². The van der Waals surface area contributed by atoms with Crippen molar-refractivity contribution < 1.29 is 4.79 Å². The fourth-order valence-corrected chi connectivity index (χ4v) is 5.24. The average Bonchev–Trinajstić information content (AvgIpc) is 3.12. The summed E-state index contributed by atoms with van der Waals surface area (Å²) in [6, 6.07) is 18.5. The Morgan fingerprint density at radius 1 is 1.03 bits per heavy atom. The van der Waals surface area contributed by atoms with Crippen molar-refractivity contribution in [1.29, 1.82) is 0 Å². The fraction of sp³-hybridized carbons (Fsp3) is 0.400. The lowest BCUT2D eigenvalue weighted by molar-refractivity contribution is 0.0355. The van der Waals surface area contributed by atoms with E-state index in [0.29, 0.717) is 11.4 Å². The molecule has 1 saturated carbocycles. The van der Waals surface area contributed by atoms with Crippen LogP contribution in [0.5, 0.6) is 0 Å². The van der Waals surface area contributed by atoms with Crippen molar-refractivity contribution >= 4 is 16.8 Å². The van der Waals surface area contributed by atoms with Crippen LogP contribution in [-0.4, -0.2) is 39.8 Å². The standard InChI is InChI=1S/C25H28N4O2/c1-25(12-11-22-20-9-5-6-10-21(20)23(30)28-27-22)14-19(15-25)29-16-18(26-24(29)31)13-17-7-3-2-4-8-17/h2-10,18-19H,11-16H2,1H3,(H,26,31)(H,28,30)/t18-,19?,25?/m1/s1. The summed E-state index contributed by atoms with van der Waals surface area (Å²) in [5.74, 6) is 0. The molecule has 0 unspecified atom stereocenters. The van der Waals surface area contributed by atoms with Crippen molar-refractivity contribution in [3.8, 4) is 0 Å². The van der Waals surface area contributed by atoms with Crippen LogP contribution >= 0.6 is 0 Å². The number of nitrogens with zero attached hydrogens (tertiary/aromatic N) is 2. The third kappa shape index (κ3) is 3.94. The molecule has 2 aliphatic rings. The summed E-state index contributed by atoms with van der Waals surface area (Å²) in [7, 11) is 0. The Labute approximate surface area is 181 Å². The molecule has 0 bridgehead atoms. The summed E-state index contributed by atoms with van der Waals surface area (Å²) in [6.07, 6.45) is 4.72. The molecule has 0 spiro atoms. The molecule has 1 atom stereocenters. The molecule has 2 amide bonds. The molecular weight excluding hydrogens is 388 g/mol. The molecule has 1 aromatic heterocycles. The summed E-state index contributed by atoms with van der Waals surface area (Å²) in [4.78, 5) is 26.6. The van der Waals surface area contributed by atoms with E-state index in [2.05, 4.69) is 34.6 Å². The maximum absolute atomic E-state index is 12.5. The molecule has 160 valence electrons. The number of urea groups is 1. The monoisotopic (exact) mass is 416 g/mol. The maximum atomic E-state index is 12.5. The molecule has 1 saturated heterocycles. The van der Waals surface area contributed by atoms with Crippen LogP contribution in [0.2, 0.25) is 0 Å². The highest BCUT2D eigenvalue weighted by Gasteiger charge is 2.46. The minimum absolute atomic E-state index is 0.0706. The van der Waals surface area contributed by atoms with Gasteiger partial charge in [-0.1, -0.05) is 55.5 Å². The van der Waals surface area contributed by atoms with E-state index in [-0.39, 0.29) is 23.0 Å². The molecule has 5 rings (SSSR count). The lowest BCUT2D eigenvalue weighted by Crippen LogP contribution is -2.51. The second kappa shape index (κ2) is 7.84. The highest BCUT2D eigenvalue weighted by Crippen LogP contribution is 2.47. The molecule has 2 N–H and O–H groups in total. The van der Waals surface area contributed by atoms with E-state index < -0.39 is 0 Å². The van der Waals surface area contributed by atoms with Crippen LogP contribution in [0.25, 0.3) is 10.8 Å². The molecule has 2 heterocycles. The van der Waals surface area contributed by atoms with Crippen LogP contribution in [0.4, 0.5) is 4.79 Å². The Kier molecular flexibility index (Phi) is 5.00. The number of fused-ring (bicyclic) bond motifs is 1. The molecule has 31 heavy (non-hydrogen) atoms. The number of rotatable bonds is 6. The van der Waals surface area contributed by atoms with Gasteiger partial charge in [-0.05, 0) is 49.1 Å². The van der Waals surface area contributed by atoms with Crippen LogP contribution in [0, 0.1) is 5.41 Å². The molecular formula is C25H28N4O2. The number of nitrogens with one attached hydrogen (secondary N) is 2. The number of amides is 2. The summed E-state index contributed by atoms with van der Waals surface area (Å²) < 4.78 is 0. The smallest absolute Gasteiger partial charge is 0.318 e. The van der Waals surface area contributed by atoms with E-state index in [1.54, 1.807) is 0 Å². The Hall–Kier alpha value is -3.15. The highest BCUT2D eigenvalue weighted by atomic mass is 16.2. The number of hydrogen-bond acceptors (Lipinski definition) is 3. The van der Waals surface area contributed by atoms with E-state index in [9.17, 15) is 9.59 Å². The summed E-state index contributed by atoms with van der Waals surface area (Å²) in [5, 5.41) is 11.7. The van der Waals surface area contributed by atoms with Gasteiger partial charge < -0.3 is 10.2 Å². The number of carbonyl (C=O) groups is 1. The first-order valence-electron chi connectivity index (χ1n) is 11.1. The van der Waals surface area contributed by atoms with Gasteiger partial charge in [0.15, 0.2) is 0 Å². The van der Waals surface area contributed by atoms with Gasteiger partial charge in [0.05, 0.1) is 17.1 Å². The largest absolute Gasteiger partial charge is 0.333 e. The third-order valence-corrected chi connectivity index (χ3v) is 6.97. The van der Waals surface area contributed by atoms with Gasteiger partial charge in [-0.15, -0.1) is 0 Å². The van der Waals surface area contributed by atoms with Gasteiger partial charge in [0.2, 0.25) is 0 Å². The summed E-state index contributed by atoms with van der Waals surface area (Å²) in [6.45, 7) is 3.08. The van der Waals surface area contributed by atoms with Gasteiger partial charge in [0.25, 0.3) is 5.56 Å². The lowest BCUT2D eigenvalue weighted by atomic mass is 9.63. The van der Waals surface area contributed by atoms with Crippen molar-refractivity contribution in [2.75, 3.05) is 6.54 Å². The van der Waals surface area contributed by atoms with E-state index in [1.165, 1.54) is 5.56 Å². The van der Waals surface area contributed by atoms with Crippen molar-refractivity contribution in [2.45, 2.75) is 51.1 Å². The maximum Gasteiger partial charge on any atom is 0.318 e. The number of hydrogen-bond donors (Lipinski definition) is 2. The van der Waals surface area contributed by atoms with Crippen molar-refractivity contribution in [1.82, 2.24) is 20.4 Å². The van der Waals surface area contributed by atoms with Crippen LogP contribution in [0.15, 0.2) is 59.4 Å². The number of aromatic amines is 1. The predicted molar refractivity (Wildman–Crippen MR) is 121 cm³/mol. The normalized spacial score (nSPS) is 25.5. The Bertz CT molecular complexity index is 1150. The third-order valence-electron chi connectivity index (χ3n) is 6.97. The second-order valence-corrected chi connectivity index (χ2v) is 9.41. The topological polar surface area (TPSA) is 78.1 Å². The first kappa shape index (κ1) is 19.8. The molecule has 2 fully saturated rings. The lowest BCUT2D eigenvalue weighted by Gasteiger charge is -2.49. The second-order valence-electron chi connectivity index (χ2n) is 9.41. The van der Waals surface area contributed by atoms with Crippen molar-refractivity contribution in [2.24, 2.45) is 5.41 Å². The number of benzene rings is 2. The van der Waals surface area contributed by atoms with Crippen molar-refractivity contribution in [3.05, 3.63) is 76.2 Å². The zero-order valence-corrected chi connectivity index (χ0v) is 17.8. The molecule has 1 aliphatic carbocycles. The van der Waals surface area contributed by atoms with E-state index in [0.717, 1.165) is 49.7 Å². The molecule has 3 aromatic rings. The molecule has 6 heteroatoms. The SMILES string of the molecule is CC1(CCc2n[nH]c(=O)c3ccccc23)CC(N2C[C@@H](Cc3ccccc3)NC2=O)C1.